The number of hydrogen-bond acceptors (Lipinski definition) is 3. The standard InChI is InChI=1S/C22H24BrCl3N2O3/c1-3-9-27-22(30)19(4-2)28(12-14-5-7-16(24)17(25)10-14)21(29)13-31-20-8-6-15(23)11-18(20)26/h5-8,10-11,19H,3-4,9,12-13H2,1-2H3,(H,27,30)/t19-/m0/s1. The van der Waals surface area contributed by atoms with Crippen LogP contribution in [0.5, 0.6) is 5.75 Å². The molecule has 0 bridgehead atoms. The summed E-state index contributed by atoms with van der Waals surface area (Å²) in [6.45, 7) is 4.29. The first-order valence-corrected chi connectivity index (χ1v) is 11.8. The van der Waals surface area contributed by atoms with Gasteiger partial charge in [-0.3, -0.25) is 9.59 Å². The molecule has 5 nitrogen and oxygen atoms in total. The Bertz CT molecular complexity index is 927. The molecule has 0 aromatic heterocycles. The Balaban J connectivity index is 2.24. The molecule has 0 heterocycles. The van der Waals surface area contributed by atoms with Gasteiger partial charge in [-0.25, -0.2) is 0 Å². The highest BCUT2D eigenvalue weighted by molar-refractivity contribution is 9.10. The molecule has 9 heteroatoms. The van der Waals surface area contributed by atoms with Gasteiger partial charge in [0.1, 0.15) is 11.8 Å². The highest BCUT2D eigenvalue weighted by atomic mass is 79.9. The van der Waals surface area contributed by atoms with Gasteiger partial charge in [-0.15, -0.1) is 0 Å². The molecule has 0 aliphatic heterocycles. The largest absolute Gasteiger partial charge is 0.482 e. The smallest absolute Gasteiger partial charge is 0.261 e. The maximum Gasteiger partial charge on any atom is 0.261 e. The fourth-order valence-corrected chi connectivity index (χ4v) is 3.98. The normalized spacial score (nSPS) is 11.7. The van der Waals surface area contributed by atoms with E-state index in [-0.39, 0.29) is 25.0 Å². The molecule has 0 saturated heterocycles. The van der Waals surface area contributed by atoms with Gasteiger partial charge >= 0.3 is 0 Å². The van der Waals surface area contributed by atoms with Crippen LogP contribution in [-0.4, -0.2) is 35.9 Å². The molecule has 0 aliphatic rings. The number of carbonyl (C=O) groups is 2. The zero-order valence-corrected chi connectivity index (χ0v) is 21.1. The van der Waals surface area contributed by atoms with Crippen LogP contribution in [0.4, 0.5) is 0 Å². The third-order valence-corrected chi connectivity index (χ3v) is 6.04. The van der Waals surface area contributed by atoms with Crippen molar-refractivity contribution >= 4 is 62.5 Å². The number of ether oxygens (including phenoxy) is 1. The third-order valence-electron chi connectivity index (χ3n) is 4.52. The van der Waals surface area contributed by atoms with Crippen molar-refractivity contribution < 1.29 is 14.3 Å². The van der Waals surface area contributed by atoms with Crippen molar-refractivity contribution in [2.75, 3.05) is 13.2 Å². The maximum atomic E-state index is 13.1. The van der Waals surface area contributed by atoms with Crippen molar-refractivity contribution in [3.8, 4) is 5.75 Å². The van der Waals surface area contributed by atoms with Crippen LogP contribution in [0, 0.1) is 0 Å². The van der Waals surface area contributed by atoms with Crippen molar-refractivity contribution in [2.45, 2.75) is 39.3 Å². The molecule has 2 aromatic rings. The van der Waals surface area contributed by atoms with Crippen LogP contribution in [0.15, 0.2) is 40.9 Å². The molecular weight excluding hydrogens is 527 g/mol. The number of amides is 2. The van der Waals surface area contributed by atoms with Crippen LogP contribution in [0.25, 0.3) is 0 Å². The lowest BCUT2D eigenvalue weighted by atomic mass is 10.1. The molecule has 0 aliphatic carbocycles. The zero-order chi connectivity index (χ0) is 23.0. The van der Waals surface area contributed by atoms with Crippen molar-refractivity contribution in [1.29, 1.82) is 0 Å². The Hall–Kier alpha value is -1.47. The number of halogens is 4. The van der Waals surface area contributed by atoms with Gasteiger partial charge in [0.05, 0.1) is 15.1 Å². The highest BCUT2D eigenvalue weighted by Gasteiger charge is 2.29. The predicted molar refractivity (Wildman–Crippen MR) is 129 cm³/mol. The fraction of sp³-hybridized carbons (Fsp3) is 0.364. The SMILES string of the molecule is CCCNC(=O)[C@H](CC)N(Cc1ccc(Cl)c(Cl)c1)C(=O)COc1ccc(Br)cc1Cl. The molecule has 0 spiro atoms. The Morgan fingerprint density at radius 1 is 1.06 bits per heavy atom. The van der Waals surface area contributed by atoms with Crippen LogP contribution in [0.2, 0.25) is 15.1 Å². The molecule has 168 valence electrons. The maximum absolute atomic E-state index is 13.1. The highest BCUT2D eigenvalue weighted by Crippen LogP contribution is 2.28. The van der Waals surface area contributed by atoms with E-state index in [2.05, 4.69) is 21.2 Å². The lowest BCUT2D eigenvalue weighted by molar-refractivity contribution is -0.143. The second-order valence-corrected chi connectivity index (χ2v) is 8.99. The summed E-state index contributed by atoms with van der Waals surface area (Å²) in [5, 5.41) is 4.05. The van der Waals surface area contributed by atoms with Gasteiger partial charge in [-0.2, -0.15) is 0 Å². The molecule has 0 unspecified atom stereocenters. The monoisotopic (exact) mass is 548 g/mol. The predicted octanol–water partition coefficient (Wildman–Crippen LogP) is 6.12. The van der Waals surface area contributed by atoms with Crippen molar-refractivity contribution in [3.63, 3.8) is 0 Å². The van der Waals surface area contributed by atoms with E-state index in [4.69, 9.17) is 39.5 Å². The molecule has 31 heavy (non-hydrogen) atoms. The van der Waals surface area contributed by atoms with Gasteiger partial charge in [0.2, 0.25) is 5.91 Å². The minimum absolute atomic E-state index is 0.186. The minimum Gasteiger partial charge on any atom is -0.482 e. The third kappa shape index (κ3) is 7.56. The zero-order valence-electron chi connectivity index (χ0n) is 17.3. The molecule has 1 atom stereocenters. The van der Waals surface area contributed by atoms with E-state index in [0.717, 1.165) is 16.5 Å². The lowest BCUT2D eigenvalue weighted by Crippen LogP contribution is -2.50. The van der Waals surface area contributed by atoms with Crippen LogP contribution >= 0.6 is 50.7 Å². The first kappa shape index (κ1) is 25.8. The van der Waals surface area contributed by atoms with Crippen LogP contribution in [0.3, 0.4) is 0 Å². The van der Waals surface area contributed by atoms with Gasteiger partial charge in [0.25, 0.3) is 5.91 Å². The van der Waals surface area contributed by atoms with Crippen LogP contribution < -0.4 is 10.1 Å². The summed E-state index contributed by atoms with van der Waals surface area (Å²) in [6.07, 6.45) is 1.25. The number of hydrogen-bond donors (Lipinski definition) is 1. The van der Waals surface area contributed by atoms with Gasteiger partial charge < -0.3 is 15.0 Å². The van der Waals surface area contributed by atoms with E-state index < -0.39 is 6.04 Å². The van der Waals surface area contributed by atoms with Crippen LogP contribution in [0.1, 0.15) is 32.3 Å². The number of carbonyl (C=O) groups excluding carboxylic acids is 2. The van der Waals surface area contributed by atoms with Crippen molar-refractivity contribution in [3.05, 3.63) is 61.5 Å². The van der Waals surface area contributed by atoms with Gasteiger partial charge in [0.15, 0.2) is 6.61 Å². The molecular formula is C22H24BrCl3N2O3. The number of rotatable bonds is 10. The summed E-state index contributed by atoms with van der Waals surface area (Å²) in [7, 11) is 0. The average Bonchev–Trinajstić information content (AvgIpc) is 2.73. The molecule has 0 saturated carbocycles. The van der Waals surface area contributed by atoms with E-state index in [0.29, 0.717) is 33.8 Å². The van der Waals surface area contributed by atoms with Crippen molar-refractivity contribution in [2.24, 2.45) is 0 Å². The van der Waals surface area contributed by atoms with E-state index in [1.807, 2.05) is 13.8 Å². The molecule has 2 rings (SSSR count). The van der Waals surface area contributed by atoms with E-state index in [1.165, 1.54) is 4.90 Å². The molecule has 1 N–H and O–H groups in total. The summed E-state index contributed by atoms with van der Waals surface area (Å²) >= 11 is 21.7. The van der Waals surface area contributed by atoms with Gasteiger partial charge in [-0.05, 0) is 48.7 Å². The van der Waals surface area contributed by atoms with E-state index >= 15 is 0 Å². The van der Waals surface area contributed by atoms with E-state index in [9.17, 15) is 9.59 Å². The first-order valence-electron chi connectivity index (χ1n) is 9.85. The van der Waals surface area contributed by atoms with E-state index in [1.54, 1.807) is 36.4 Å². The van der Waals surface area contributed by atoms with Gasteiger partial charge in [0, 0.05) is 17.6 Å². The summed E-state index contributed by atoms with van der Waals surface area (Å²) < 4.78 is 6.45. The van der Waals surface area contributed by atoms with Crippen LogP contribution in [-0.2, 0) is 16.1 Å². The summed E-state index contributed by atoms with van der Waals surface area (Å²) in [5.41, 5.74) is 0.756. The molecule has 2 aromatic carbocycles. The molecule has 2 amide bonds. The summed E-state index contributed by atoms with van der Waals surface area (Å²) in [6, 6.07) is 9.60. The number of nitrogens with one attached hydrogen (secondary N) is 1. The Labute approximate surface area is 206 Å². The fourth-order valence-electron chi connectivity index (χ4n) is 2.93. The summed E-state index contributed by atoms with van der Waals surface area (Å²) in [5.74, 6) is -0.167. The molecule has 0 fully saturated rings. The Morgan fingerprint density at radius 2 is 1.81 bits per heavy atom. The second kappa shape index (κ2) is 12.5. The molecule has 0 radical (unpaired) electrons. The first-order chi connectivity index (χ1) is 14.8. The number of nitrogens with zero attached hydrogens (tertiary/aromatic N) is 1. The Kier molecular flexibility index (Phi) is 10.4. The quantitative estimate of drug-likeness (QED) is 0.388. The Morgan fingerprint density at radius 3 is 2.42 bits per heavy atom. The van der Waals surface area contributed by atoms with Crippen molar-refractivity contribution in [1.82, 2.24) is 10.2 Å². The van der Waals surface area contributed by atoms with Gasteiger partial charge in [-0.1, -0.05) is 70.6 Å². The lowest BCUT2D eigenvalue weighted by Gasteiger charge is -2.30. The topological polar surface area (TPSA) is 58.6 Å². The minimum atomic E-state index is -0.655. The average molecular weight is 551 g/mol. The second-order valence-electron chi connectivity index (χ2n) is 6.85. The number of benzene rings is 2. The summed E-state index contributed by atoms with van der Waals surface area (Å²) in [4.78, 5) is 27.4.